The number of carbonyl (C=O) groups is 1. The van der Waals surface area contributed by atoms with Crippen LogP contribution in [0.15, 0.2) is 54.6 Å². The lowest BCUT2D eigenvalue weighted by Crippen LogP contribution is -2.40. The highest BCUT2D eigenvalue weighted by molar-refractivity contribution is 5.76. The van der Waals surface area contributed by atoms with E-state index in [-0.39, 0.29) is 17.9 Å². The molecule has 0 radical (unpaired) electrons. The Morgan fingerprint density at radius 1 is 1.00 bits per heavy atom. The predicted molar refractivity (Wildman–Crippen MR) is 114 cm³/mol. The Morgan fingerprint density at radius 2 is 1.68 bits per heavy atom. The van der Waals surface area contributed by atoms with Crippen LogP contribution in [0.3, 0.4) is 0 Å². The SMILES string of the molecule is COc1ccc(C(CNC(=O)CC(C)c2ccccc2)N2CCCCC2)cc1. The molecule has 2 aromatic rings. The number of nitrogens with zero attached hydrogens (tertiary/aromatic N) is 1. The molecule has 4 nitrogen and oxygen atoms in total. The zero-order valence-corrected chi connectivity index (χ0v) is 17.1. The number of ether oxygens (including phenoxy) is 1. The van der Waals surface area contributed by atoms with Crippen molar-refractivity contribution >= 4 is 5.91 Å². The van der Waals surface area contributed by atoms with E-state index in [0.717, 1.165) is 18.8 Å². The van der Waals surface area contributed by atoms with Crippen LogP contribution >= 0.6 is 0 Å². The van der Waals surface area contributed by atoms with Crippen LogP contribution in [0.25, 0.3) is 0 Å². The minimum Gasteiger partial charge on any atom is -0.497 e. The Hall–Kier alpha value is -2.33. The van der Waals surface area contributed by atoms with Gasteiger partial charge in [-0.05, 0) is 55.1 Å². The molecule has 3 rings (SSSR count). The molecule has 1 N–H and O–H groups in total. The number of hydrogen-bond donors (Lipinski definition) is 1. The highest BCUT2D eigenvalue weighted by Gasteiger charge is 2.23. The highest BCUT2D eigenvalue weighted by atomic mass is 16.5. The number of amides is 1. The summed E-state index contributed by atoms with van der Waals surface area (Å²) in [6, 6.07) is 18.7. The van der Waals surface area contributed by atoms with E-state index in [0.29, 0.717) is 13.0 Å². The van der Waals surface area contributed by atoms with E-state index in [2.05, 4.69) is 41.4 Å². The number of methoxy groups -OCH3 is 1. The summed E-state index contributed by atoms with van der Waals surface area (Å²) >= 11 is 0. The molecule has 1 saturated heterocycles. The molecular weight excluding hydrogens is 348 g/mol. The summed E-state index contributed by atoms with van der Waals surface area (Å²) in [6.45, 7) is 4.94. The minimum atomic E-state index is 0.117. The second-order valence-corrected chi connectivity index (χ2v) is 7.71. The molecule has 1 heterocycles. The second-order valence-electron chi connectivity index (χ2n) is 7.71. The van der Waals surface area contributed by atoms with Gasteiger partial charge >= 0.3 is 0 Å². The largest absolute Gasteiger partial charge is 0.497 e. The molecule has 0 bridgehead atoms. The van der Waals surface area contributed by atoms with Gasteiger partial charge in [-0.2, -0.15) is 0 Å². The topological polar surface area (TPSA) is 41.6 Å². The van der Waals surface area contributed by atoms with Crippen LogP contribution < -0.4 is 10.1 Å². The molecular formula is C24H32N2O2. The number of carbonyl (C=O) groups excluding carboxylic acids is 1. The molecule has 1 fully saturated rings. The smallest absolute Gasteiger partial charge is 0.220 e. The summed E-state index contributed by atoms with van der Waals surface area (Å²) in [4.78, 5) is 15.1. The average Bonchev–Trinajstić information content (AvgIpc) is 2.75. The lowest BCUT2D eigenvalue weighted by atomic mass is 9.97. The van der Waals surface area contributed by atoms with E-state index in [1.807, 2.05) is 30.3 Å². The third-order valence-corrected chi connectivity index (χ3v) is 5.68. The van der Waals surface area contributed by atoms with E-state index in [9.17, 15) is 4.79 Å². The summed E-state index contributed by atoms with van der Waals surface area (Å²) < 4.78 is 5.30. The first-order valence-electron chi connectivity index (χ1n) is 10.4. The Morgan fingerprint density at radius 3 is 2.32 bits per heavy atom. The van der Waals surface area contributed by atoms with Crippen molar-refractivity contribution in [1.29, 1.82) is 0 Å². The Kier molecular flexibility index (Phi) is 7.49. The monoisotopic (exact) mass is 380 g/mol. The van der Waals surface area contributed by atoms with Crippen LogP contribution in [0.4, 0.5) is 0 Å². The first-order chi connectivity index (χ1) is 13.7. The van der Waals surface area contributed by atoms with Crippen molar-refractivity contribution in [1.82, 2.24) is 10.2 Å². The maximum atomic E-state index is 12.6. The summed E-state index contributed by atoms with van der Waals surface area (Å²) in [7, 11) is 1.69. The fourth-order valence-electron chi connectivity index (χ4n) is 3.97. The molecule has 0 aliphatic carbocycles. The molecule has 150 valence electrons. The summed E-state index contributed by atoms with van der Waals surface area (Å²) in [6.07, 6.45) is 4.27. The summed E-state index contributed by atoms with van der Waals surface area (Å²) in [5.41, 5.74) is 2.44. The van der Waals surface area contributed by atoms with Gasteiger partial charge in [0.15, 0.2) is 0 Å². The van der Waals surface area contributed by atoms with Gasteiger partial charge in [0.2, 0.25) is 5.91 Å². The maximum absolute atomic E-state index is 12.6. The van der Waals surface area contributed by atoms with Gasteiger partial charge in [-0.3, -0.25) is 9.69 Å². The van der Waals surface area contributed by atoms with Crippen molar-refractivity contribution < 1.29 is 9.53 Å². The first-order valence-corrected chi connectivity index (χ1v) is 10.4. The van der Waals surface area contributed by atoms with Crippen molar-refractivity contribution in [2.45, 2.75) is 44.6 Å². The van der Waals surface area contributed by atoms with Gasteiger partial charge < -0.3 is 10.1 Å². The third kappa shape index (κ3) is 5.59. The normalized spacial score (nSPS) is 16.9. The van der Waals surface area contributed by atoms with Crippen molar-refractivity contribution in [2.24, 2.45) is 0 Å². The van der Waals surface area contributed by atoms with Crippen LogP contribution in [-0.2, 0) is 4.79 Å². The van der Waals surface area contributed by atoms with E-state index in [1.54, 1.807) is 7.11 Å². The van der Waals surface area contributed by atoms with Gasteiger partial charge in [0.05, 0.1) is 13.2 Å². The fraction of sp³-hybridized carbons (Fsp3) is 0.458. The Bertz CT molecular complexity index is 724. The number of hydrogen-bond acceptors (Lipinski definition) is 3. The second kappa shape index (κ2) is 10.3. The van der Waals surface area contributed by atoms with Gasteiger partial charge in [0.1, 0.15) is 5.75 Å². The standard InChI is InChI=1S/C24H32N2O2/c1-19(20-9-5-3-6-10-20)17-24(27)25-18-23(26-15-7-4-8-16-26)21-11-13-22(28-2)14-12-21/h3,5-6,9-14,19,23H,4,7-8,15-18H2,1-2H3,(H,25,27). The van der Waals surface area contributed by atoms with E-state index in [4.69, 9.17) is 4.74 Å². The quantitative estimate of drug-likeness (QED) is 0.731. The molecule has 2 unspecified atom stereocenters. The van der Waals surface area contributed by atoms with Crippen LogP contribution in [0, 0.1) is 0 Å². The van der Waals surface area contributed by atoms with Crippen LogP contribution in [0.5, 0.6) is 5.75 Å². The van der Waals surface area contributed by atoms with Crippen molar-refractivity contribution in [3.63, 3.8) is 0 Å². The van der Waals surface area contributed by atoms with Crippen molar-refractivity contribution in [3.8, 4) is 5.75 Å². The van der Waals surface area contributed by atoms with Crippen molar-refractivity contribution in [2.75, 3.05) is 26.7 Å². The molecule has 0 aromatic heterocycles. The zero-order valence-electron chi connectivity index (χ0n) is 17.1. The van der Waals surface area contributed by atoms with Crippen LogP contribution in [-0.4, -0.2) is 37.6 Å². The minimum absolute atomic E-state index is 0.117. The van der Waals surface area contributed by atoms with Gasteiger partial charge in [-0.15, -0.1) is 0 Å². The number of benzene rings is 2. The Balaban J connectivity index is 1.62. The molecule has 4 heteroatoms. The van der Waals surface area contributed by atoms with Gasteiger partial charge in [-0.1, -0.05) is 55.8 Å². The summed E-state index contributed by atoms with van der Waals surface area (Å²) in [5.74, 6) is 1.20. The zero-order chi connectivity index (χ0) is 19.8. The number of rotatable bonds is 8. The molecule has 0 spiro atoms. The van der Waals surface area contributed by atoms with E-state index >= 15 is 0 Å². The molecule has 1 amide bonds. The van der Waals surface area contributed by atoms with Gasteiger partial charge in [-0.25, -0.2) is 0 Å². The van der Waals surface area contributed by atoms with E-state index in [1.165, 1.54) is 30.4 Å². The third-order valence-electron chi connectivity index (χ3n) is 5.68. The number of likely N-dealkylation sites (tertiary alicyclic amines) is 1. The molecule has 1 aliphatic heterocycles. The van der Waals surface area contributed by atoms with Crippen molar-refractivity contribution in [3.05, 3.63) is 65.7 Å². The molecule has 28 heavy (non-hydrogen) atoms. The summed E-state index contributed by atoms with van der Waals surface area (Å²) in [5, 5.41) is 3.20. The fourth-order valence-corrected chi connectivity index (χ4v) is 3.97. The van der Waals surface area contributed by atoms with Crippen LogP contribution in [0.2, 0.25) is 0 Å². The Labute approximate surface area is 168 Å². The highest BCUT2D eigenvalue weighted by Crippen LogP contribution is 2.26. The van der Waals surface area contributed by atoms with Gasteiger partial charge in [0, 0.05) is 13.0 Å². The number of nitrogens with one attached hydrogen (secondary N) is 1. The predicted octanol–water partition coefficient (Wildman–Crippen LogP) is 4.53. The average molecular weight is 381 g/mol. The lowest BCUT2D eigenvalue weighted by Gasteiger charge is -2.35. The molecule has 1 aliphatic rings. The van der Waals surface area contributed by atoms with Gasteiger partial charge in [0.25, 0.3) is 0 Å². The molecule has 0 saturated carbocycles. The lowest BCUT2D eigenvalue weighted by molar-refractivity contribution is -0.121. The molecule has 2 aromatic carbocycles. The molecule has 2 atom stereocenters. The van der Waals surface area contributed by atoms with Crippen LogP contribution in [0.1, 0.15) is 55.7 Å². The maximum Gasteiger partial charge on any atom is 0.220 e. The van der Waals surface area contributed by atoms with E-state index < -0.39 is 0 Å². The number of piperidine rings is 1. The first kappa shape index (κ1) is 20.4.